The van der Waals surface area contributed by atoms with E-state index in [4.69, 9.17) is 9.98 Å². The minimum absolute atomic E-state index is 0.679. The molecule has 0 saturated carbocycles. The number of hydrogen-bond acceptors (Lipinski definition) is 2. The molecule has 0 N–H and O–H groups in total. The van der Waals surface area contributed by atoms with Gasteiger partial charge in [-0.2, -0.15) is 0 Å². The maximum absolute atomic E-state index is 5.01. The lowest BCUT2D eigenvalue weighted by Crippen LogP contribution is -2.20. The third-order valence-corrected chi connectivity index (χ3v) is 6.10. The first-order valence-corrected chi connectivity index (χ1v) is 11.5. The fraction of sp³-hybridized carbons (Fsp3) is 0.0667. The average molecular weight is 441 g/mol. The van der Waals surface area contributed by atoms with Crippen LogP contribution in [0.4, 0.5) is 5.69 Å². The summed E-state index contributed by atoms with van der Waals surface area (Å²) in [6.45, 7) is 2.09. The molecule has 0 atom stereocenters. The molecule has 2 heterocycles. The zero-order valence-corrected chi connectivity index (χ0v) is 19.0. The molecule has 34 heavy (non-hydrogen) atoms. The number of para-hydroxylation sites is 2. The van der Waals surface area contributed by atoms with E-state index in [2.05, 4.69) is 107 Å². The van der Waals surface area contributed by atoms with Crippen LogP contribution in [-0.4, -0.2) is 14.0 Å². The van der Waals surface area contributed by atoms with Gasteiger partial charge in [0, 0.05) is 29.4 Å². The van der Waals surface area contributed by atoms with Crippen molar-refractivity contribution in [2.24, 2.45) is 4.99 Å². The summed E-state index contributed by atoms with van der Waals surface area (Å²) in [5.74, 6) is 0. The lowest BCUT2D eigenvalue weighted by molar-refractivity contribution is 0.911. The van der Waals surface area contributed by atoms with Crippen LogP contribution in [-0.2, 0) is 6.42 Å². The Morgan fingerprint density at radius 3 is 2.18 bits per heavy atom. The van der Waals surface area contributed by atoms with E-state index in [1.165, 1.54) is 11.1 Å². The predicted molar refractivity (Wildman–Crippen MR) is 138 cm³/mol. The Hall–Kier alpha value is -4.44. The molecule has 0 aliphatic rings. The van der Waals surface area contributed by atoms with E-state index in [1.807, 2.05) is 24.3 Å². The highest BCUT2D eigenvalue weighted by Gasteiger charge is 2.15. The van der Waals surface area contributed by atoms with E-state index in [0.29, 0.717) is 5.62 Å². The number of imidazole rings is 1. The first-order chi connectivity index (χ1) is 16.8. The Labute approximate surface area is 198 Å². The molecule has 6 rings (SSSR count). The highest BCUT2D eigenvalue weighted by atomic mass is 15.2. The highest BCUT2D eigenvalue weighted by Crippen LogP contribution is 2.24. The summed E-state index contributed by atoms with van der Waals surface area (Å²) in [7, 11) is 0. The Morgan fingerprint density at radius 2 is 1.41 bits per heavy atom. The lowest BCUT2D eigenvalue weighted by Gasteiger charge is -2.09. The second-order valence-electron chi connectivity index (χ2n) is 8.52. The molecule has 2 aromatic heterocycles. The Bertz CT molecular complexity index is 1660. The van der Waals surface area contributed by atoms with Crippen LogP contribution >= 0.6 is 0 Å². The van der Waals surface area contributed by atoms with Gasteiger partial charge in [-0.05, 0) is 48.9 Å². The molecule has 0 aliphatic heterocycles. The molecule has 0 fully saturated rings. The fourth-order valence-corrected chi connectivity index (χ4v) is 4.43. The summed E-state index contributed by atoms with van der Waals surface area (Å²) >= 11 is 0. The second kappa shape index (κ2) is 8.49. The average Bonchev–Trinajstić information content (AvgIpc) is 3.26. The van der Waals surface area contributed by atoms with Crippen molar-refractivity contribution >= 4 is 22.2 Å². The second-order valence-corrected chi connectivity index (χ2v) is 8.52. The molecule has 0 bridgehead atoms. The molecule has 4 heteroatoms. The van der Waals surface area contributed by atoms with E-state index in [-0.39, 0.29) is 0 Å². The summed E-state index contributed by atoms with van der Waals surface area (Å²) in [4.78, 5) is 10.0. The van der Waals surface area contributed by atoms with E-state index >= 15 is 0 Å². The number of aryl methyl sites for hydroxylation is 1. The van der Waals surface area contributed by atoms with Gasteiger partial charge in [0.25, 0.3) is 0 Å². The van der Waals surface area contributed by atoms with Gasteiger partial charge >= 0.3 is 0 Å². The van der Waals surface area contributed by atoms with E-state index in [1.54, 1.807) is 0 Å². The molecule has 6 aromatic rings. The van der Waals surface area contributed by atoms with Gasteiger partial charge < -0.3 is 4.57 Å². The molecule has 0 amide bonds. The van der Waals surface area contributed by atoms with Gasteiger partial charge in [0.05, 0.1) is 11.2 Å². The first kappa shape index (κ1) is 20.2. The van der Waals surface area contributed by atoms with Crippen molar-refractivity contribution in [2.75, 3.05) is 0 Å². The van der Waals surface area contributed by atoms with E-state index in [0.717, 1.165) is 40.0 Å². The third kappa shape index (κ3) is 3.69. The van der Waals surface area contributed by atoms with Crippen LogP contribution in [0.1, 0.15) is 16.8 Å². The predicted octanol–water partition coefficient (Wildman–Crippen LogP) is 6.41. The van der Waals surface area contributed by atoms with Crippen molar-refractivity contribution in [2.45, 2.75) is 13.3 Å². The van der Waals surface area contributed by atoms with Gasteiger partial charge in [-0.25, -0.2) is 9.98 Å². The molecule has 164 valence electrons. The maximum Gasteiger partial charge on any atom is 0.236 e. The van der Waals surface area contributed by atoms with Crippen LogP contribution in [0.3, 0.4) is 0 Å². The highest BCUT2D eigenvalue weighted by molar-refractivity contribution is 5.92. The largest absolute Gasteiger partial charge is 0.301 e. The third-order valence-electron chi connectivity index (χ3n) is 6.10. The van der Waals surface area contributed by atoms with Crippen molar-refractivity contribution in [1.29, 1.82) is 0 Å². The number of hydrogen-bond donors (Lipinski definition) is 0. The Balaban J connectivity index is 1.72. The van der Waals surface area contributed by atoms with Crippen molar-refractivity contribution in [1.82, 2.24) is 14.0 Å². The normalized spacial score (nSPS) is 12.0. The zero-order valence-electron chi connectivity index (χ0n) is 19.0. The molecule has 4 nitrogen and oxygen atoms in total. The topological polar surface area (TPSA) is 34.6 Å². The minimum atomic E-state index is 0.679. The fourth-order valence-electron chi connectivity index (χ4n) is 4.43. The Morgan fingerprint density at radius 1 is 0.735 bits per heavy atom. The quantitative estimate of drug-likeness (QED) is 0.312. The maximum atomic E-state index is 5.01. The summed E-state index contributed by atoms with van der Waals surface area (Å²) < 4.78 is 4.47. The monoisotopic (exact) mass is 440 g/mol. The number of benzene rings is 4. The van der Waals surface area contributed by atoms with Crippen LogP contribution in [0.25, 0.3) is 22.2 Å². The van der Waals surface area contributed by atoms with Crippen molar-refractivity contribution in [3.63, 3.8) is 0 Å². The van der Waals surface area contributed by atoms with E-state index < -0.39 is 0 Å². The van der Waals surface area contributed by atoms with Gasteiger partial charge in [-0.1, -0.05) is 78.4 Å². The van der Waals surface area contributed by atoms with Gasteiger partial charge in [-0.3, -0.25) is 4.40 Å². The number of nitrogens with zero attached hydrogens (tertiary/aromatic N) is 4. The summed E-state index contributed by atoms with van der Waals surface area (Å²) in [5, 5.41) is 1.09. The van der Waals surface area contributed by atoms with Gasteiger partial charge in [0.2, 0.25) is 5.62 Å². The molecule has 0 unspecified atom stereocenters. The molecule has 0 saturated heterocycles. The SMILES string of the molecule is Cc1ccc(N=c2nc3ccccc3c3n(-c4ccccc4)cc(Cc4ccccc4)n23)cc1. The van der Waals surface area contributed by atoms with Crippen molar-refractivity contribution in [3.05, 3.63) is 138 Å². The zero-order chi connectivity index (χ0) is 22.9. The van der Waals surface area contributed by atoms with Crippen LogP contribution in [0.2, 0.25) is 0 Å². The lowest BCUT2D eigenvalue weighted by atomic mass is 10.1. The first-order valence-electron chi connectivity index (χ1n) is 11.5. The molecular weight excluding hydrogens is 416 g/mol. The van der Waals surface area contributed by atoms with Gasteiger partial charge in [0.15, 0.2) is 0 Å². The molecule has 0 aliphatic carbocycles. The standard InChI is InChI=1S/C30H24N4/c1-22-16-18-24(19-17-22)31-30-32-28-15-9-8-14-27(28)29-33(25-12-6-3-7-13-25)21-26(34(29)30)20-23-10-4-2-5-11-23/h2-19,21H,20H2,1H3. The summed E-state index contributed by atoms with van der Waals surface area (Å²) in [6, 6.07) is 37.6. The summed E-state index contributed by atoms with van der Waals surface area (Å²) in [6.07, 6.45) is 3.00. The van der Waals surface area contributed by atoms with Crippen molar-refractivity contribution < 1.29 is 0 Å². The number of fused-ring (bicyclic) bond motifs is 3. The molecule has 4 aromatic carbocycles. The van der Waals surface area contributed by atoms with Gasteiger partial charge in [-0.15, -0.1) is 0 Å². The molecular formula is C30H24N4. The number of rotatable bonds is 4. The van der Waals surface area contributed by atoms with Gasteiger partial charge in [0.1, 0.15) is 5.65 Å². The Kier molecular flexibility index (Phi) is 5.04. The van der Waals surface area contributed by atoms with E-state index in [9.17, 15) is 0 Å². The van der Waals surface area contributed by atoms with Crippen LogP contribution < -0.4 is 5.62 Å². The van der Waals surface area contributed by atoms with Crippen molar-refractivity contribution in [3.8, 4) is 5.69 Å². The van der Waals surface area contributed by atoms with Crippen LogP contribution in [0.15, 0.2) is 120 Å². The minimum Gasteiger partial charge on any atom is -0.301 e. The van der Waals surface area contributed by atoms with Crippen LogP contribution in [0.5, 0.6) is 0 Å². The van der Waals surface area contributed by atoms with Crippen LogP contribution in [0, 0.1) is 6.92 Å². The number of aromatic nitrogens is 3. The summed E-state index contributed by atoms with van der Waals surface area (Å²) in [5.41, 5.74) is 8.26. The molecule has 0 spiro atoms. The smallest absolute Gasteiger partial charge is 0.236 e. The molecule has 0 radical (unpaired) electrons.